The minimum atomic E-state index is -3.40. The van der Waals surface area contributed by atoms with Crippen LogP contribution in [0.15, 0.2) is 11.2 Å². The summed E-state index contributed by atoms with van der Waals surface area (Å²) in [6.45, 7) is 2.43. The van der Waals surface area contributed by atoms with Crippen molar-refractivity contribution in [3.8, 4) is 0 Å². The smallest absolute Gasteiger partial charge is 0.260 e. The van der Waals surface area contributed by atoms with E-state index in [0.29, 0.717) is 18.3 Å². The molecule has 1 aliphatic carbocycles. The Morgan fingerprint density at radius 1 is 1.26 bits per heavy atom. The van der Waals surface area contributed by atoms with E-state index < -0.39 is 10.0 Å². The number of fused-ring (bicyclic) bond motifs is 1. The van der Waals surface area contributed by atoms with Gasteiger partial charge in [0.05, 0.1) is 6.20 Å². The van der Waals surface area contributed by atoms with E-state index in [1.807, 2.05) is 0 Å². The summed E-state index contributed by atoms with van der Waals surface area (Å²) in [5, 5.41) is 0.247. The first-order chi connectivity index (χ1) is 9.09. The molecule has 0 bridgehead atoms. The van der Waals surface area contributed by atoms with E-state index in [4.69, 9.17) is 0 Å². The molecule has 3 rings (SSSR count). The minimum absolute atomic E-state index is 0.205. The summed E-state index contributed by atoms with van der Waals surface area (Å²) in [5.41, 5.74) is 0. The predicted octanol–water partition coefficient (Wildman–Crippen LogP) is 2.06. The Labute approximate surface area is 114 Å². The van der Waals surface area contributed by atoms with Gasteiger partial charge in [0.2, 0.25) is 0 Å². The highest BCUT2D eigenvalue weighted by molar-refractivity contribution is 7.89. The van der Waals surface area contributed by atoms with Gasteiger partial charge in [-0.1, -0.05) is 12.8 Å². The molecule has 19 heavy (non-hydrogen) atoms. The molecule has 2 unspecified atom stereocenters. The molecule has 1 saturated heterocycles. The van der Waals surface area contributed by atoms with Crippen molar-refractivity contribution in [3.63, 3.8) is 0 Å². The summed E-state index contributed by atoms with van der Waals surface area (Å²) in [7, 11) is -3.40. The van der Waals surface area contributed by atoms with Crippen molar-refractivity contribution in [1.29, 1.82) is 0 Å². The molecule has 106 valence electrons. The Morgan fingerprint density at radius 3 is 2.74 bits per heavy atom. The van der Waals surface area contributed by atoms with Gasteiger partial charge in [0, 0.05) is 12.6 Å². The molecule has 0 radical (unpaired) electrons. The van der Waals surface area contributed by atoms with E-state index in [-0.39, 0.29) is 11.1 Å². The lowest BCUT2D eigenvalue weighted by molar-refractivity contribution is 0.129. The van der Waals surface area contributed by atoms with Crippen molar-refractivity contribution in [3.05, 3.63) is 12.0 Å². The zero-order valence-electron chi connectivity index (χ0n) is 11.3. The summed E-state index contributed by atoms with van der Waals surface area (Å²) < 4.78 is 27.1. The van der Waals surface area contributed by atoms with Gasteiger partial charge in [-0.05, 0) is 38.5 Å². The second kappa shape index (κ2) is 4.90. The van der Waals surface area contributed by atoms with Gasteiger partial charge in [0.1, 0.15) is 5.82 Å². The normalized spacial score (nSPS) is 29.1. The van der Waals surface area contributed by atoms with Crippen molar-refractivity contribution in [2.75, 3.05) is 6.54 Å². The molecule has 1 saturated carbocycles. The Hall–Kier alpha value is -0.880. The van der Waals surface area contributed by atoms with Crippen molar-refractivity contribution in [2.24, 2.45) is 5.92 Å². The van der Waals surface area contributed by atoms with E-state index in [9.17, 15) is 8.42 Å². The van der Waals surface area contributed by atoms with Crippen molar-refractivity contribution >= 4 is 10.0 Å². The second-order valence-corrected chi connectivity index (χ2v) is 7.56. The first-order valence-corrected chi connectivity index (χ1v) is 8.56. The molecule has 1 aromatic heterocycles. The molecule has 2 aliphatic rings. The largest absolute Gasteiger partial charge is 0.332 e. The number of nitrogens with one attached hydrogen (secondary N) is 1. The molecule has 2 fully saturated rings. The fourth-order valence-corrected chi connectivity index (χ4v) is 5.25. The minimum Gasteiger partial charge on any atom is -0.332 e. The average molecular weight is 283 g/mol. The Kier molecular flexibility index (Phi) is 3.39. The first kappa shape index (κ1) is 13.1. The van der Waals surface area contributed by atoms with Crippen LogP contribution in [0.3, 0.4) is 0 Å². The van der Waals surface area contributed by atoms with Crippen molar-refractivity contribution in [1.82, 2.24) is 14.3 Å². The van der Waals surface area contributed by atoms with Crippen LogP contribution in [0.5, 0.6) is 0 Å². The molecule has 1 aromatic rings. The maximum absolute atomic E-state index is 12.7. The van der Waals surface area contributed by atoms with Crippen LogP contribution in [0.2, 0.25) is 0 Å². The van der Waals surface area contributed by atoms with Crippen LogP contribution < -0.4 is 0 Å². The van der Waals surface area contributed by atoms with E-state index in [1.54, 1.807) is 11.2 Å². The van der Waals surface area contributed by atoms with Crippen LogP contribution in [0, 0.1) is 12.8 Å². The monoisotopic (exact) mass is 283 g/mol. The summed E-state index contributed by atoms with van der Waals surface area (Å²) in [6, 6.07) is 0.205. The van der Waals surface area contributed by atoms with Crippen LogP contribution in [0.1, 0.15) is 44.3 Å². The summed E-state index contributed by atoms with van der Waals surface area (Å²) in [5.74, 6) is 1.21. The number of sulfonamides is 1. The molecule has 2 heterocycles. The molecule has 0 spiro atoms. The van der Waals surface area contributed by atoms with Crippen LogP contribution in [-0.4, -0.2) is 35.3 Å². The second-order valence-electron chi connectivity index (χ2n) is 5.70. The lowest BCUT2D eigenvalue weighted by atomic mass is 9.79. The molecule has 5 nitrogen and oxygen atoms in total. The lowest BCUT2D eigenvalue weighted by Crippen LogP contribution is -2.49. The molecular formula is C13H21N3O2S. The third-order valence-electron chi connectivity index (χ3n) is 4.46. The fourth-order valence-electron chi connectivity index (χ4n) is 3.53. The lowest BCUT2D eigenvalue weighted by Gasteiger charge is -2.42. The van der Waals surface area contributed by atoms with Crippen molar-refractivity contribution in [2.45, 2.75) is 56.5 Å². The Bertz CT molecular complexity index is 550. The van der Waals surface area contributed by atoms with Gasteiger partial charge in [0.25, 0.3) is 10.0 Å². The third-order valence-corrected chi connectivity index (χ3v) is 6.29. The topological polar surface area (TPSA) is 66.1 Å². The van der Waals surface area contributed by atoms with Gasteiger partial charge < -0.3 is 4.98 Å². The third kappa shape index (κ3) is 2.31. The van der Waals surface area contributed by atoms with Crippen molar-refractivity contribution < 1.29 is 8.42 Å². The number of piperidine rings is 1. The molecule has 1 aliphatic heterocycles. The molecule has 0 amide bonds. The first-order valence-electron chi connectivity index (χ1n) is 7.12. The Balaban J connectivity index is 1.91. The number of hydrogen-bond acceptors (Lipinski definition) is 3. The molecular weight excluding hydrogens is 262 g/mol. The van der Waals surface area contributed by atoms with Gasteiger partial charge in [-0.15, -0.1) is 0 Å². The highest BCUT2D eigenvalue weighted by atomic mass is 32.2. The van der Waals surface area contributed by atoms with Gasteiger partial charge in [-0.25, -0.2) is 13.4 Å². The molecule has 6 heteroatoms. The molecule has 0 aromatic carbocycles. The molecule has 1 N–H and O–H groups in total. The predicted molar refractivity (Wildman–Crippen MR) is 72.2 cm³/mol. The SMILES string of the molecule is Cc1ncc(S(=O)(=O)N2CCCC3CCCCC32)[nH]1. The van der Waals surface area contributed by atoms with E-state index in [2.05, 4.69) is 9.97 Å². The summed E-state index contributed by atoms with van der Waals surface area (Å²) >= 11 is 0. The zero-order valence-corrected chi connectivity index (χ0v) is 12.1. The van der Waals surface area contributed by atoms with Gasteiger partial charge in [-0.2, -0.15) is 4.31 Å². The van der Waals surface area contributed by atoms with Crippen LogP contribution in [-0.2, 0) is 10.0 Å². The number of H-pyrrole nitrogens is 1. The standard InChI is InChI=1S/C13H21N3O2S/c1-10-14-9-13(15-10)19(17,18)16-8-4-6-11-5-2-3-7-12(11)16/h9,11-12H,2-8H2,1H3,(H,14,15). The molecule has 2 atom stereocenters. The maximum Gasteiger partial charge on any atom is 0.260 e. The highest BCUT2D eigenvalue weighted by Gasteiger charge is 2.40. The van der Waals surface area contributed by atoms with E-state index in [1.165, 1.54) is 25.5 Å². The number of aryl methyl sites for hydroxylation is 1. The Morgan fingerprint density at radius 2 is 2.00 bits per heavy atom. The van der Waals surface area contributed by atoms with Gasteiger partial charge >= 0.3 is 0 Å². The average Bonchev–Trinajstić information content (AvgIpc) is 2.85. The van der Waals surface area contributed by atoms with E-state index >= 15 is 0 Å². The number of aromatic amines is 1. The van der Waals surface area contributed by atoms with Crippen LogP contribution in [0.4, 0.5) is 0 Å². The van der Waals surface area contributed by atoms with Gasteiger partial charge in [0.15, 0.2) is 5.03 Å². The highest BCUT2D eigenvalue weighted by Crippen LogP contribution is 2.37. The number of nitrogens with zero attached hydrogens (tertiary/aromatic N) is 2. The number of aromatic nitrogens is 2. The van der Waals surface area contributed by atoms with Crippen LogP contribution >= 0.6 is 0 Å². The number of rotatable bonds is 2. The summed E-state index contributed by atoms with van der Waals surface area (Å²) in [4.78, 5) is 6.89. The fraction of sp³-hybridized carbons (Fsp3) is 0.769. The summed E-state index contributed by atoms with van der Waals surface area (Å²) in [6.07, 6.45) is 8.19. The number of imidazole rings is 1. The van der Waals surface area contributed by atoms with Gasteiger partial charge in [-0.3, -0.25) is 0 Å². The maximum atomic E-state index is 12.7. The number of hydrogen-bond donors (Lipinski definition) is 1. The van der Waals surface area contributed by atoms with E-state index in [0.717, 1.165) is 19.3 Å². The zero-order chi connectivity index (χ0) is 13.5. The van der Waals surface area contributed by atoms with Crippen LogP contribution in [0.25, 0.3) is 0 Å². The quantitative estimate of drug-likeness (QED) is 0.903.